The van der Waals surface area contributed by atoms with Gasteiger partial charge in [-0.2, -0.15) is 0 Å². The highest BCUT2D eigenvalue weighted by Gasteiger charge is 2.36. The first-order chi connectivity index (χ1) is 10.9. The highest BCUT2D eigenvalue weighted by Crippen LogP contribution is 2.33. The van der Waals surface area contributed by atoms with Crippen LogP contribution in [0.3, 0.4) is 0 Å². The Morgan fingerprint density at radius 1 is 1.43 bits per heavy atom. The highest BCUT2D eigenvalue weighted by molar-refractivity contribution is 7.15. The monoisotopic (exact) mass is 369 g/mol. The van der Waals surface area contributed by atoms with Crippen LogP contribution in [0, 0.1) is 12.8 Å². The van der Waals surface area contributed by atoms with Crippen LogP contribution in [-0.4, -0.2) is 23.3 Å². The Morgan fingerprint density at radius 2 is 2.22 bits per heavy atom. The molecular formula is C15H13Cl2N3O2S. The van der Waals surface area contributed by atoms with Gasteiger partial charge in [0.05, 0.1) is 16.6 Å². The Hall–Kier alpha value is -1.63. The van der Waals surface area contributed by atoms with E-state index in [1.807, 2.05) is 6.92 Å². The Labute approximate surface area is 147 Å². The summed E-state index contributed by atoms with van der Waals surface area (Å²) in [6, 6.07) is 4.94. The van der Waals surface area contributed by atoms with Gasteiger partial charge >= 0.3 is 0 Å². The quantitative estimate of drug-likeness (QED) is 0.895. The van der Waals surface area contributed by atoms with Crippen LogP contribution in [-0.2, 0) is 9.59 Å². The number of rotatable bonds is 3. The molecule has 0 bridgehead atoms. The Kier molecular flexibility index (Phi) is 4.57. The molecule has 120 valence electrons. The van der Waals surface area contributed by atoms with E-state index >= 15 is 0 Å². The van der Waals surface area contributed by atoms with E-state index in [1.165, 1.54) is 16.2 Å². The maximum atomic E-state index is 12.3. The van der Waals surface area contributed by atoms with E-state index in [-0.39, 0.29) is 24.8 Å². The van der Waals surface area contributed by atoms with Gasteiger partial charge in [0.2, 0.25) is 11.8 Å². The van der Waals surface area contributed by atoms with Crippen LogP contribution in [0.4, 0.5) is 10.8 Å². The van der Waals surface area contributed by atoms with Gasteiger partial charge in [-0.15, -0.1) is 11.3 Å². The zero-order valence-electron chi connectivity index (χ0n) is 12.2. The van der Waals surface area contributed by atoms with Crippen molar-refractivity contribution in [1.29, 1.82) is 0 Å². The van der Waals surface area contributed by atoms with Gasteiger partial charge in [-0.1, -0.05) is 23.2 Å². The van der Waals surface area contributed by atoms with Gasteiger partial charge in [0.15, 0.2) is 5.13 Å². The van der Waals surface area contributed by atoms with Crippen molar-refractivity contribution in [2.24, 2.45) is 5.92 Å². The second kappa shape index (κ2) is 6.47. The molecule has 0 saturated carbocycles. The number of carbonyl (C=O) groups excluding carboxylic acids is 2. The smallest absolute Gasteiger partial charge is 0.231 e. The second-order valence-corrected chi connectivity index (χ2v) is 7.34. The van der Waals surface area contributed by atoms with Crippen LogP contribution in [0.5, 0.6) is 0 Å². The average Bonchev–Trinajstić information content (AvgIpc) is 3.05. The molecule has 5 nitrogen and oxygen atoms in total. The average molecular weight is 370 g/mol. The minimum atomic E-state index is -0.432. The molecular weight excluding hydrogens is 357 g/mol. The summed E-state index contributed by atoms with van der Waals surface area (Å²) in [5.41, 5.74) is 0.571. The predicted octanol–water partition coefficient (Wildman–Crippen LogP) is 3.75. The number of aryl methyl sites for hydroxylation is 1. The maximum absolute atomic E-state index is 12.3. The lowest BCUT2D eigenvalue weighted by molar-refractivity contribution is -0.122. The van der Waals surface area contributed by atoms with Crippen LogP contribution in [0.25, 0.3) is 0 Å². The molecule has 0 radical (unpaired) electrons. The van der Waals surface area contributed by atoms with Crippen molar-refractivity contribution in [2.75, 3.05) is 16.8 Å². The first-order valence-electron chi connectivity index (χ1n) is 6.93. The standard InChI is InChI=1S/C15H13Cl2N3O2S/c1-8-6-18-15(23-8)19-14(22)9-4-13(21)20(7-9)12-3-2-10(16)5-11(12)17/h2-3,5-6,9H,4,7H2,1H3,(H,18,19,22). The molecule has 1 aromatic carbocycles. The molecule has 3 rings (SSSR count). The summed E-state index contributed by atoms with van der Waals surface area (Å²) in [6.45, 7) is 2.20. The summed E-state index contributed by atoms with van der Waals surface area (Å²) >= 11 is 13.4. The van der Waals surface area contributed by atoms with Crippen LogP contribution in [0.1, 0.15) is 11.3 Å². The van der Waals surface area contributed by atoms with Gasteiger partial charge in [0, 0.05) is 29.1 Å². The lowest BCUT2D eigenvalue weighted by Gasteiger charge is -2.18. The summed E-state index contributed by atoms with van der Waals surface area (Å²) in [5, 5.41) is 4.19. The number of hydrogen-bond donors (Lipinski definition) is 1. The van der Waals surface area contributed by atoms with E-state index in [0.717, 1.165) is 4.88 Å². The number of anilines is 2. The normalized spacial score (nSPS) is 17.6. The number of amides is 2. The van der Waals surface area contributed by atoms with E-state index in [0.29, 0.717) is 20.9 Å². The fraction of sp³-hybridized carbons (Fsp3) is 0.267. The molecule has 2 heterocycles. The minimum absolute atomic E-state index is 0.135. The molecule has 1 unspecified atom stereocenters. The van der Waals surface area contributed by atoms with E-state index < -0.39 is 5.92 Å². The topological polar surface area (TPSA) is 62.3 Å². The van der Waals surface area contributed by atoms with E-state index in [1.54, 1.807) is 24.4 Å². The van der Waals surface area contributed by atoms with Gasteiger partial charge in [-0.05, 0) is 25.1 Å². The van der Waals surface area contributed by atoms with Crippen molar-refractivity contribution in [1.82, 2.24) is 4.98 Å². The zero-order valence-corrected chi connectivity index (χ0v) is 14.5. The molecule has 2 aromatic rings. The third-order valence-electron chi connectivity index (χ3n) is 3.55. The van der Waals surface area contributed by atoms with Gasteiger partial charge in [-0.25, -0.2) is 4.98 Å². The summed E-state index contributed by atoms with van der Waals surface area (Å²) in [6.07, 6.45) is 1.84. The maximum Gasteiger partial charge on any atom is 0.231 e. The lowest BCUT2D eigenvalue weighted by atomic mass is 10.1. The van der Waals surface area contributed by atoms with E-state index in [2.05, 4.69) is 10.3 Å². The Morgan fingerprint density at radius 3 is 2.87 bits per heavy atom. The Balaban J connectivity index is 1.73. The number of nitrogens with one attached hydrogen (secondary N) is 1. The molecule has 0 aliphatic carbocycles. The lowest BCUT2D eigenvalue weighted by Crippen LogP contribution is -2.28. The number of thiazole rings is 1. The predicted molar refractivity (Wildman–Crippen MR) is 92.4 cm³/mol. The number of halogens is 2. The molecule has 23 heavy (non-hydrogen) atoms. The molecule has 2 amide bonds. The van der Waals surface area contributed by atoms with E-state index in [4.69, 9.17) is 23.2 Å². The van der Waals surface area contributed by atoms with Crippen LogP contribution in [0.2, 0.25) is 10.0 Å². The van der Waals surface area contributed by atoms with Crippen molar-refractivity contribution in [2.45, 2.75) is 13.3 Å². The number of nitrogens with zero attached hydrogens (tertiary/aromatic N) is 2. The van der Waals surface area contributed by atoms with Gasteiger partial charge in [0.25, 0.3) is 0 Å². The van der Waals surface area contributed by atoms with Crippen molar-refractivity contribution < 1.29 is 9.59 Å². The first-order valence-corrected chi connectivity index (χ1v) is 8.50. The Bertz CT molecular complexity index is 778. The van der Waals surface area contributed by atoms with E-state index in [9.17, 15) is 9.59 Å². The number of hydrogen-bond acceptors (Lipinski definition) is 4. The third-order valence-corrected chi connectivity index (χ3v) is 4.91. The van der Waals surface area contributed by atoms with Crippen LogP contribution >= 0.6 is 34.5 Å². The molecule has 1 fully saturated rings. The number of carbonyl (C=O) groups is 2. The van der Waals surface area contributed by atoms with Crippen molar-refractivity contribution >= 4 is 57.2 Å². The molecule has 1 atom stereocenters. The van der Waals surface area contributed by atoms with Gasteiger partial charge < -0.3 is 10.2 Å². The first kappa shape index (κ1) is 16.2. The van der Waals surface area contributed by atoms with Crippen molar-refractivity contribution in [3.63, 3.8) is 0 Å². The number of benzene rings is 1. The summed E-state index contributed by atoms with van der Waals surface area (Å²) < 4.78 is 0. The molecule has 1 aromatic heterocycles. The molecule has 1 aliphatic heterocycles. The highest BCUT2D eigenvalue weighted by atomic mass is 35.5. The zero-order chi connectivity index (χ0) is 16.6. The fourth-order valence-corrected chi connectivity index (χ4v) is 3.61. The largest absolute Gasteiger partial charge is 0.310 e. The summed E-state index contributed by atoms with van der Waals surface area (Å²) in [7, 11) is 0. The molecule has 0 spiro atoms. The summed E-state index contributed by atoms with van der Waals surface area (Å²) in [5.74, 6) is -0.775. The van der Waals surface area contributed by atoms with Gasteiger partial charge in [0.1, 0.15) is 0 Å². The van der Waals surface area contributed by atoms with Gasteiger partial charge in [-0.3, -0.25) is 9.59 Å². The molecule has 1 saturated heterocycles. The molecule has 1 N–H and O–H groups in total. The van der Waals surface area contributed by atoms with Crippen molar-refractivity contribution in [3.8, 4) is 0 Å². The third kappa shape index (κ3) is 3.49. The van der Waals surface area contributed by atoms with Crippen LogP contribution in [0.15, 0.2) is 24.4 Å². The SMILES string of the molecule is Cc1cnc(NC(=O)C2CC(=O)N(c3ccc(Cl)cc3Cl)C2)s1. The van der Waals surface area contributed by atoms with Crippen LogP contribution < -0.4 is 10.2 Å². The molecule has 8 heteroatoms. The molecule has 1 aliphatic rings. The number of aromatic nitrogens is 1. The second-order valence-electron chi connectivity index (χ2n) is 5.27. The van der Waals surface area contributed by atoms with Crippen molar-refractivity contribution in [3.05, 3.63) is 39.3 Å². The minimum Gasteiger partial charge on any atom is -0.310 e. The summed E-state index contributed by atoms with van der Waals surface area (Å²) in [4.78, 5) is 31.2. The fourth-order valence-electron chi connectivity index (χ4n) is 2.44.